The van der Waals surface area contributed by atoms with E-state index in [2.05, 4.69) is 43.6 Å². The van der Waals surface area contributed by atoms with Gasteiger partial charge in [0, 0.05) is 85.1 Å². The summed E-state index contributed by atoms with van der Waals surface area (Å²) in [5, 5.41) is 17.6. The van der Waals surface area contributed by atoms with Gasteiger partial charge in [0.2, 0.25) is 0 Å². The van der Waals surface area contributed by atoms with E-state index >= 15 is 0 Å². The van der Waals surface area contributed by atoms with Gasteiger partial charge in [0.05, 0.1) is 39.6 Å². The molecule has 0 spiro atoms. The van der Waals surface area contributed by atoms with Crippen molar-refractivity contribution in [2.75, 3.05) is 131 Å². The molecule has 11 heteroatoms. The van der Waals surface area contributed by atoms with E-state index in [1.165, 1.54) is 5.56 Å². The van der Waals surface area contributed by atoms with Crippen LogP contribution in [0.5, 0.6) is 11.5 Å². The quantitative estimate of drug-likeness (QED) is 0.329. The normalized spacial score (nSPS) is 22.3. The largest absolute Gasteiger partial charge is 0.487 e. The Morgan fingerprint density at radius 3 is 1.42 bits per heavy atom. The molecule has 3 rings (SSSR count). The van der Waals surface area contributed by atoms with E-state index in [0.717, 1.165) is 96.6 Å². The molecule has 0 atom stereocenters. The van der Waals surface area contributed by atoms with Gasteiger partial charge in [-0.05, 0) is 17.7 Å². The number of fused-ring (bicyclic) bond motifs is 1. The Morgan fingerprint density at radius 2 is 0.921 bits per heavy atom. The maximum absolute atomic E-state index is 6.08. The molecule has 2 heterocycles. The van der Waals surface area contributed by atoms with Crippen molar-refractivity contribution in [2.24, 2.45) is 0 Å². The van der Waals surface area contributed by atoms with Crippen LogP contribution in [0.15, 0.2) is 18.2 Å². The van der Waals surface area contributed by atoms with Crippen molar-refractivity contribution in [3.63, 3.8) is 0 Å². The number of nitrogens with zero attached hydrogens (tertiary/aromatic N) is 1. The zero-order valence-electron chi connectivity index (χ0n) is 23.1. The lowest BCUT2D eigenvalue weighted by atomic mass is 10.2. The smallest absolute Gasteiger partial charge is 0.161 e. The highest BCUT2D eigenvalue weighted by molar-refractivity contribution is 5.43. The van der Waals surface area contributed by atoms with Crippen LogP contribution in [-0.4, -0.2) is 136 Å². The Balaban J connectivity index is 1.54. The van der Waals surface area contributed by atoms with Crippen molar-refractivity contribution in [3.8, 4) is 11.5 Å². The van der Waals surface area contributed by atoms with Crippen molar-refractivity contribution in [1.29, 1.82) is 0 Å². The number of ether oxygens (including phenoxy) is 5. The Kier molecular flexibility index (Phi) is 17.4. The molecule has 218 valence electrons. The first-order valence-corrected chi connectivity index (χ1v) is 14.3. The van der Waals surface area contributed by atoms with E-state index in [-0.39, 0.29) is 0 Å². The topological polar surface area (TPSA) is 110 Å². The molecule has 0 bridgehead atoms. The molecule has 2 aliphatic heterocycles. The second-order valence-electron chi connectivity index (χ2n) is 9.34. The van der Waals surface area contributed by atoms with Gasteiger partial charge in [-0.3, -0.25) is 4.90 Å². The Hall–Kier alpha value is -1.54. The highest BCUT2D eigenvalue weighted by Crippen LogP contribution is 2.29. The minimum absolute atomic E-state index is 0.464. The van der Waals surface area contributed by atoms with Crippen LogP contribution in [0.2, 0.25) is 0 Å². The molecule has 0 aliphatic carbocycles. The van der Waals surface area contributed by atoms with E-state index in [1.54, 1.807) is 0 Å². The molecule has 2 aliphatic rings. The molecule has 0 radical (unpaired) electrons. The molecule has 0 amide bonds. The fourth-order valence-corrected chi connectivity index (χ4v) is 4.18. The molecular weight excluding hydrogens is 488 g/mol. The molecule has 0 saturated carbocycles. The summed E-state index contributed by atoms with van der Waals surface area (Å²) in [5.74, 6) is 1.49. The Morgan fingerprint density at radius 1 is 0.500 bits per heavy atom. The fourth-order valence-electron chi connectivity index (χ4n) is 4.18. The Labute approximate surface area is 228 Å². The van der Waals surface area contributed by atoms with E-state index in [9.17, 15) is 0 Å². The van der Waals surface area contributed by atoms with Crippen LogP contribution in [0.25, 0.3) is 0 Å². The maximum atomic E-state index is 6.08. The van der Waals surface area contributed by atoms with Gasteiger partial charge in [0.15, 0.2) is 11.5 Å². The zero-order chi connectivity index (χ0) is 26.4. The first-order chi connectivity index (χ1) is 18.9. The third kappa shape index (κ3) is 14.6. The highest BCUT2D eigenvalue weighted by Gasteiger charge is 2.12. The van der Waals surface area contributed by atoms with E-state index in [0.29, 0.717) is 52.9 Å². The lowest BCUT2D eigenvalue weighted by Gasteiger charge is -2.24. The van der Waals surface area contributed by atoms with Crippen LogP contribution in [-0.2, 0) is 20.8 Å². The average Bonchev–Trinajstić information content (AvgIpc) is 2.93. The summed E-state index contributed by atoms with van der Waals surface area (Å²) in [6, 6.07) is 6.25. The molecule has 1 saturated heterocycles. The molecule has 1 aromatic rings. The number of nitrogens with one attached hydrogen (secondary N) is 5. The van der Waals surface area contributed by atoms with Gasteiger partial charge in [-0.1, -0.05) is 6.07 Å². The van der Waals surface area contributed by atoms with Gasteiger partial charge in [0.25, 0.3) is 0 Å². The summed E-state index contributed by atoms with van der Waals surface area (Å²) in [7, 11) is 0. The number of hydrogen-bond donors (Lipinski definition) is 5. The summed E-state index contributed by atoms with van der Waals surface area (Å²) < 4.78 is 28.7. The summed E-state index contributed by atoms with van der Waals surface area (Å²) in [4.78, 5) is 2.49. The SMILES string of the molecule is c1cc2c(cc1CN1CCNCCNCCNCCNCCNCC1)OCCOCCOCCOCCO2. The van der Waals surface area contributed by atoms with E-state index in [4.69, 9.17) is 23.7 Å². The highest BCUT2D eigenvalue weighted by atomic mass is 16.6. The van der Waals surface area contributed by atoms with Gasteiger partial charge >= 0.3 is 0 Å². The third-order valence-electron chi connectivity index (χ3n) is 6.25. The second-order valence-corrected chi connectivity index (χ2v) is 9.34. The van der Waals surface area contributed by atoms with Gasteiger partial charge in [-0.2, -0.15) is 0 Å². The first-order valence-electron chi connectivity index (χ1n) is 14.3. The van der Waals surface area contributed by atoms with Gasteiger partial charge in [-0.15, -0.1) is 0 Å². The third-order valence-corrected chi connectivity index (χ3v) is 6.25. The molecule has 38 heavy (non-hydrogen) atoms. The van der Waals surface area contributed by atoms with Crippen molar-refractivity contribution in [2.45, 2.75) is 6.54 Å². The van der Waals surface area contributed by atoms with Crippen LogP contribution >= 0.6 is 0 Å². The summed E-state index contributed by atoms with van der Waals surface area (Å²) in [6.45, 7) is 16.7. The molecule has 0 unspecified atom stereocenters. The maximum Gasteiger partial charge on any atom is 0.161 e. The zero-order valence-corrected chi connectivity index (χ0v) is 23.1. The van der Waals surface area contributed by atoms with Gasteiger partial charge in [-0.25, -0.2) is 0 Å². The minimum Gasteiger partial charge on any atom is -0.487 e. The average molecular weight is 539 g/mol. The van der Waals surface area contributed by atoms with Crippen molar-refractivity contribution < 1.29 is 23.7 Å². The fraction of sp³-hybridized carbons (Fsp3) is 0.778. The standard InChI is InChI=1S/C27H50N6O5/c1-2-26-27(38-22-20-36-18-16-34-15-17-35-19-21-37-26)23-25(1)24-33-13-11-31-9-7-29-5-3-28-4-6-30-8-10-32-12-14-33/h1-2,23,28-32H,3-22,24H2. The molecule has 5 N–H and O–H groups in total. The first kappa shape index (κ1) is 31.0. The van der Waals surface area contributed by atoms with Gasteiger partial charge in [0.1, 0.15) is 13.2 Å². The van der Waals surface area contributed by atoms with E-state index in [1.807, 2.05) is 6.07 Å². The van der Waals surface area contributed by atoms with Gasteiger partial charge < -0.3 is 50.3 Å². The van der Waals surface area contributed by atoms with E-state index < -0.39 is 0 Å². The predicted molar refractivity (Wildman–Crippen MR) is 150 cm³/mol. The monoisotopic (exact) mass is 538 g/mol. The second kappa shape index (κ2) is 21.3. The summed E-state index contributed by atoms with van der Waals surface area (Å²) in [5.41, 5.74) is 1.20. The molecule has 11 nitrogen and oxygen atoms in total. The molecule has 1 fully saturated rings. The van der Waals surface area contributed by atoms with Crippen LogP contribution in [0, 0.1) is 0 Å². The summed E-state index contributed by atoms with van der Waals surface area (Å²) in [6.07, 6.45) is 0. The lowest BCUT2D eigenvalue weighted by molar-refractivity contribution is 0.00708. The summed E-state index contributed by atoms with van der Waals surface area (Å²) >= 11 is 0. The molecular formula is C27H50N6O5. The number of benzene rings is 1. The minimum atomic E-state index is 0.464. The van der Waals surface area contributed by atoms with Crippen LogP contribution in [0.4, 0.5) is 0 Å². The lowest BCUT2D eigenvalue weighted by Crippen LogP contribution is -2.41. The molecule has 0 aromatic heterocycles. The van der Waals surface area contributed by atoms with Crippen molar-refractivity contribution >= 4 is 0 Å². The van der Waals surface area contributed by atoms with Crippen LogP contribution < -0.4 is 36.1 Å². The van der Waals surface area contributed by atoms with Crippen molar-refractivity contribution in [1.82, 2.24) is 31.5 Å². The Bertz CT molecular complexity index is 699. The predicted octanol–water partition coefficient (Wildman–Crippen LogP) is -0.729. The number of hydrogen-bond acceptors (Lipinski definition) is 11. The van der Waals surface area contributed by atoms with Crippen LogP contribution in [0.1, 0.15) is 5.56 Å². The van der Waals surface area contributed by atoms with Crippen molar-refractivity contribution in [3.05, 3.63) is 23.8 Å². The molecule has 1 aromatic carbocycles. The van der Waals surface area contributed by atoms with Crippen LogP contribution in [0.3, 0.4) is 0 Å². The number of rotatable bonds is 2.